The summed E-state index contributed by atoms with van der Waals surface area (Å²) in [6.07, 6.45) is 1.51. The minimum absolute atomic E-state index is 0.00387. The van der Waals surface area contributed by atoms with E-state index in [9.17, 15) is 4.79 Å². The Kier molecular flexibility index (Phi) is 3.88. The normalized spacial score (nSPS) is 10.2. The van der Waals surface area contributed by atoms with Crippen molar-refractivity contribution in [3.63, 3.8) is 0 Å². The van der Waals surface area contributed by atoms with Crippen molar-refractivity contribution in [2.24, 2.45) is 0 Å². The van der Waals surface area contributed by atoms with E-state index in [0.29, 0.717) is 11.5 Å². The van der Waals surface area contributed by atoms with Crippen LogP contribution in [0, 0.1) is 0 Å². The summed E-state index contributed by atoms with van der Waals surface area (Å²) in [5.41, 5.74) is 0. The molecule has 0 bridgehead atoms. The first-order chi connectivity index (χ1) is 8.29. The number of hydrogen-bond donors (Lipinski definition) is 0. The molecule has 0 fully saturated rings. The van der Waals surface area contributed by atoms with Crippen LogP contribution in [-0.4, -0.2) is 18.6 Å². The lowest BCUT2D eigenvalue weighted by atomic mass is 10.3. The van der Waals surface area contributed by atoms with E-state index in [1.165, 1.54) is 18.0 Å². The highest BCUT2D eigenvalue weighted by molar-refractivity contribution is 8.00. The van der Waals surface area contributed by atoms with Crippen molar-refractivity contribution in [3.05, 3.63) is 48.4 Å². The Morgan fingerprint density at radius 3 is 2.65 bits per heavy atom. The highest BCUT2D eigenvalue weighted by Crippen LogP contribution is 2.22. The number of methoxy groups -OCH3 is 1. The average Bonchev–Trinajstić information content (AvgIpc) is 2.90. The Balaban J connectivity index is 1.91. The van der Waals surface area contributed by atoms with Crippen LogP contribution in [0.2, 0.25) is 0 Å². The molecule has 0 atom stereocenters. The first-order valence-electron chi connectivity index (χ1n) is 5.13. The summed E-state index contributed by atoms with van der Waals surface area (Å²) < 4.78 is 10.1. The lowest BCUT2D eigenvalue weighted by molar-refractivity contribution is 0.0992. The Hall–Kier alpha value is -1.68. The zero-order valence-electron chi connectivity index (χ0n) is 9.38. The largest absolute Gasteiger partial charge is 0.497 e. The fourth-order valence-corrected chi connectivity index (χ4v) is 2.10. The molecule has 0 aliphatic carbocycles. The zero-order valence-corrected chi connectivity index (χ0v) is 10.2. The SMILES string of the molecule is COc1ccc(SCC(=O)c2ccco2)cc1. The van der Waals surface area contributed by atoms with Gasteiger partial charge in [-0.05, 0) is 36.4 Å². The molecule has 1 heterocycles. The molecule has 17 heavy (non-hydrogen) atoms. The number of carbonyl (C=O) groups excluding carboxylic acids is 1. The molecule has 2 aromatic rings. The highest BCUT2D eigenvalue weighted by Gasteiger charge is 2.08. The zero-order chi connectivity index (χ0) is 12.1. The summed E-state index contributed by atoms with van der Waals surface area (Å²) in [5, 5.41) is 0. The standard InChI is InChI=1S/C13H12O3S/c1-15-10-4-6-11(7-5-10)17-9-12(14)13-3-2-8-16-13/h2-8H,9H2,1H3. The molecule has 0 amide bonds. The fraction of sp³-hybridized carbons (Fsp3) is 0.154. The minimum Gasteiger partial charge on any atom is -0.497 e. The van der Waals surface area contributed by atoms with Crippen LogP contribution in [-0.2, 0) is 0 Å². The van der Waals surface area contributed by atoms with Gasteiger partial charge in [0.05, 0.1) is 19.1 Å². The van der Waals surface area contributed by atoms with Crippen molar-refractivity contribution in [3.8, 4) is 5.75 Å². The van der Waals surface area contributed by atoms with E-state index in [4.69, 9.17) is 9.15 Å². The summed E-state index contributed by atoms with van der Waals surface area (Å²) in [6.45, 7) is 0. The molecule has 0 spiro atoms. The van der Waals surface area contributed by atoms with Gasteiger partial charge < -0.3 is 9.15 Å². The second-order valence-electron chi connectivity index (χ2n) is 3.36. The molecule has 0 unspecified atom stereocenters. The van der Waals surface area contributed by atoms with Crippen molar-refractivity contribution in [1.29, 1.82) is 0 Å². The highest BCUT2D eigenvalue weighted by atomic mass is 32.2. The van der Waals surface area contributed by atoms with Gasteiger partial charge >= 0.3 is 0 Å². The van der Waals surface area contributed by atoms with Gasteiger partial charge in [0.15, 0.2) is 5.76 Å². The van der Waals surface area contributed by atoms with Crippen LogP contribution in [0.5, 0.6) is 5.75 Å². The first-order valence-corrected chi connectivity index (χ1v) is 6.11. The predicted molar refractivity (Wildman–Crippen MR) is 66.8 cm³/mol. The molecule has 0 aliphatic rings. The Bertz CT molecular complexity index is 474. The molecule has 0 N–H and O–H groups in total. The number of rotatable bonds is 5. The average molecular weight is 248 g/mol. The van der Waals surface area contributed by atoms with Crippen LogP contribution in [0.25, 0.3) is 0 Å². The third kappa shape index (κ3) is 3.14. The van der Waals surface area contributed by atoms with Gasteiger partial charge in [-0.25, -0.2) is 0 Å². The number of furan rings is 1. The maximum atomic E-state index is 11.7. The van der Waals surface area contributed by atoms with Crippen molar-refractivity contribution in [2.45, 2.75) is 4.90 Å². The number of benzene rings is 1. The van der Waals surface area contributed by atoms with Crippen LogP contribution in [0.3, 0.4) is 0 Å². The first kappa shape index (κ1) is 11.8. The number of hydrogen-bond acceptors (Lipinski definition) is 4. The smallest absolute Gasteiger partial charge is 0.208 e. The third-order valence-electron chi connectivity index (χ3n) is 2.23. The van der Waals surface area contributed by atoms with Gasteiger partial charge in [0.25, 0.3) is 0 Å². The lowest BCUT2D eigenvalue weighted by Crippen LogP contribution is -2.00. The van der Waals surface area contributed by atoms with Crippen molar-refractivity contribution >= 4 is 17.5 Å². The van der Waals surface area contributed by atoms with Gasteiger partial charge in [-0.1, -0.05) is 0 Å². The number of Topliss-reactive ketones (excluding diaryl/α,β-unsaturated/α-hetero) is 1. The maximum Gasteiger partial charge on any atom is 0.208 e. The molecule has 0 saturated heterocycles. The molecule has 3 nitrogen and oxygen atoms in total. The molecular formula is C13H12O3S. The Labute approximate surface area is 104 Å². The quantitative estimate of drug-likeness (QED) is 0.601. The third-order valence-corrected chi connectivity index (χ3v) is 3.24. The van der Waals surface area contributed by atoms with Crippen molar-refractivity contribution in [1.82, 2.24) is 0 Å². The number of ketones is 1. The maximum absolute atomic E-state index is 11.7. The van der Waals surface area contributed by atoms with Gasteiger partial charge in [0, 0.05) is 4.90 Å². The van der Waals surface area contributed by atoms with Gasteiger partial charge in [-0.15, -0.1) is 11.8 Å². The molecule has 1 aromatic heterocycles. The van der Waals surface area contributed by atoms with Crippen LogP contribution in [0.15, 0.2) is 52.0 Å². The second kappa shape index (κ2) is 5.59. The van der Waals surface area contributed by atoms with Gasteiger partial charge in [-0.3, -0.25) is 4.79 Å². The van der Waals surface area contributed by atoms with Gasteiger partial charge in [0.2, 0.25) is 5.78 Å². The van der Waals surface area contributed by atoms with E-state index >= 15 is 0 Å². The second-order valence-corrected chi connectivity index (χ2v) is 4.41. The molecule has 2 rings (SSSR count). The molecular weight excluding hydrogens is 236 g/mol. The van der Waals surface area contributed by atoms with E-state index in [1.807, 2.05) is 24.3 Å². The van der Waals surface area contributed by atoms with E-state index < -0.39 is 0 Å². The van der Waals surface area contributed by atoms with Crippen molar-refractivity contribution in [2.75, 3.05) is 12.9 Å². The summed E-state index contributed by atoms with van der Waals surface area (Å²) in [4.78, 5) is 12.7. The molecule has 88 valence electrons. The van der Waals surface area contributed by atoms with Crippen LogP contribution in [0.4, 0.5) is 0 Å². The number of thioether (sulfide) groups is 1. The van der Waals surface area contributed by atoms with E-state index in [0.717, 1.165) is 10.6 Å². The van der Waals surface area contributed by atoms with E-state index in [1.54, 1.807) is 19.2 Å². The summed E-state index contributed by atoms with van der Waals surface area (Å²) >= 11 is 1.48. The van der Waals surface area contributed by atoms with Crippen LogP contribution < -0.4 is 4.74 Å². The summed E-state index contributed by atoms with van der Waals surface area (Å²) in [7, 11) is 1.63. The topological polar surface area (TPSA) is 39.4 Å². The number of carbonyl (C=O) groups is 1. The molecule has 0 radical (unpaired) electrons. The lowest BCUT2D eigenvalue weighted by Gasteiger charge is -2.02. The van der Waals surface area contributed by atoms with Crippen LogP contribution in [0.1, 0.15) is 10.6 Å². The van der Waals surface area contributed by atoms with E-state index in [-0.39, 0.29) is 5.78 Å². The monoisotopic (exact) mass is 248 g/mol. The minimum atomic E-state index is -0.00387. The molecule has 0 aliphatic heterocycles. The fourth-order valence-electron chi connectivity index (χ4n) is 1.33. The summed E-state index contributed by atoms with van der Waals surface area (Å²) in [5.74, 6) is 1.59. The Morgan fingerprint density at radius 2 is 2.06 bits per heavy atom. The Morgan fingerprint density at radius 1 is 1.29 bits per heavy atom. The van der Waals surface area contributed by atoms with Crippen molar-refractivity contribution < 1.29 is 13.9 Å². The predicted octanol–water partition coefficient (Wildman–Crippen LogP) is 3.26. The number of ether oxygens (including phenoxy) is 1. The molecule has 0 saturated carbocycles. The molecule has 1 aromatic carbocycles. The van der Waals surface area contributed by atoms with Gasteiger partial charge in [0.1, 0.15) is 5.75 Å². The summed E-state index contributed by atoms with van der Waals surface area (Å²) in [6, 6.07) is 11.0. The van der Waals surface area contributed by atoms with Gasteiger partial charge in [-0.2, -0.15) is 0 Å². The van der Waals surface area contributed by atoms with Crippen LogP contribution >= 0.6 is 11.8 Å². The van der Waals surface area contributed by atoms with E-state index in [2.05, 4.69) is 0 Å². The molecule has 4 heteroatoms.